The molecule has 1 atom stereocenters. The third-order valence-electron chi connectivity index (χ3n) is 14.4. The first kappa shape index (κ1) is 39.6. The molecule has 0 amide bonds. The van der Waals surface area contributed by atoms with E-state index in [1.165, 1.54) is 94.6 Å². The molecule has 0 saturated carbocycles. The molecule has 0 spiro atoms. The predicted octanol–water partition coefficient (Wildman–Crippen LogP) is 17.3. The Morgan fingerprint density at radius 1 is 0.394 bits per heavy atom. The summed E-state index contributed by atoms with van der Waals surface area (Å²) in [5.41, 5.74) is 25.5. The summed E-state index contributed by atoms with van der Waals surface area (Å²) in [5.74, 6) is 0. The summed E-state index contributed by atoms with van der Waals surface area (Å²) in [6, 6.07) is 77.9. The van der Waals surface area contributed by atoms with Gasteiger partial charge in [0.15, 0.2) is 0 Å². The van der Waals surface area contributed by atoms with E-state index in [-0.39, 0.29) is 10.8 Å². The first-order valence-corrected chi connectivity index (χ1v) is 23.2. The zero-order chi connectivity index (χ0) is 44.4. The van der Waals surface area contributed by atoms with Crippen LogP contribution in [0.1, 0.15) is 55.0 Å². The molecule has 12 rings (SSSR count). The minimum absolute atomic E-state index is 0.0544. The molecule has 0 unspecified atom stereocenters. The fourth-order valence-corrected chi connectivity index (χ4v) is 11.0. The fraction of sp³-hybridized carbons (Fsp3) is 0.0938. The van der Waals surface area contributed by atoms with E-state index >= 15 is 0 Å². The molecule has 2 N–H and O–H groups in total. The largest absolute Gasteiger partial charge is 0.355 e. The molecule has 2 aliphatic carbocycles. The van der Waals surface area contributed by atoms with Crippen LogP contribution in [0.25, 0.3) is 66.8 Å². The fourth-order valence-electron chi connectivity index (χ4n) is 11.0. The Balaban J connectivity index is 0.869. The van der Waals surface area contributed by atoms with Crippen LogP contribution in [0.15, 0.2) is 224 Å². The highest BCUT2D eigenvalue weighted by atomic mass is 14.9. The molecule has 2 heteroatoms. The van der Waals surface area contributed by atoms with Crippen molar-refractivity contribution in [3.63, 3.8) is 0 Å². The van der Waals surface area contributed by atoms with Crippen molar-refractivity contribution in [3.05, 3.63) is 252 Å². The smallest absolute Gasteiger partial charge is 0.0464 e. The van der Waals surface area contributed by atoms with Crippen molar-refractivity contribution in [1.29, 1.82) is 0 Å². The SMILES string of the molecule is CC1(C)c2ccccc2-c2ccc(Nc3ccccc3-c3cccc(-c4ccc(C5=CC6=C[C@@](C)(C5)c5ccccc5-c5cc(-c7ccccc7)ccc5Nc5ccccc56)cc4)c3)cc21. The van der Waals surface area contributed by atoms with Crippen molar-refractivity contribution >= 4 is 33.9 Å². The number of para-hydroxylation sites is 2. The second-order valence-corrected chi connectivity index (χ2v) is 19.0. The summed E-state index contributed by atoms with van der Waals surface area (Å²) in [6.45, 7) is 7.10. The quantitative estimate of drug-likeness (QED) is 0.174. The Labute approximate surface area is 388 Å². The number of allylic oxidation sites excluding steroid dienone is 4. The number of rotatable bonds is 6. The van der Waals surface area contributed by atoms with E-state index in [9.17, 15) is 0 Å². The van der Waals surface area contributed by atoms with Gasteiger partial charge in [0.2, 0.25) is 0 Å². The molecule has 9 aromatic carbocycles. The average molecular weight is 847 g/mol. The van der Waals surface area contributed by atoms with Crippen molar-refractivity contribution < 1.29 is 0 Å². The predicted molar refractivity (Wildman–Crippen MR) is 280 cm³/mol. The van der Waals surface area contributed by atoms with Gasteiger partial charge in [0.25, 0.3) is 0 Å². The van der Waals surface area contributed by atoms with E-state index in [4.69, 9.17) is 0 Å². The third kappa shape index (κ3) is 6.80. The maximum atomic E-state index is 3.90. The molecule has 3 aliphatic rings. The number of anilines is 4. The van der Waals surface area contributed by atoms with Gasteiger partial charge in [0, 0.05) is 50.3 Å². The monoisotopic (exact) mass is 846 g/mol. The van der Waals surface area contributed by atoms with Crippen LogP contribution in [0.4, 0.5) is 22.7 Å². The van der Waals surface area contributed by atoms with Gasteiger partial charge < -0.3 is 10.6 Å². The molecule has 1 aliphatic heterocycles. The number of benzene rings is 9. The van der Waals surface area contributed by atoms with Crippen LogP contribution < -0.4 is 10.6 Å². The van der Waals surface area contributed by atoms with E-state index in [2.05, 4.69) is 256 Å². The molecule has 0 aromatic heterocycles. The van der Waals surface area contributed by atoms with Crippen LogP contribution in [0, 0.1) is 0 Å². The average Bonchev–Trinajstić information content (AvgIpc) is 3.59. The first-order valence-electron chi connectivity index (χ1n) is 23.2. The summed E-state index contributed by atoms with van der Waals surface area (Å²) < 4.78 is 0. The molecule has 2 nitrogen and oxygen atoms in total. The van der Waals surface area contributed by atoms with Crippen LogP contribution >= 0.6 is 0 Å². The van der Waals surface area contributed by atoms with Crippen molar-refractivity contribution in [2.75, 3.05) is 10.6 Å². The number of fused-ring (bicyclic) bond motifs is 10. The zero-order valence-corrected chi connectivity index (χ0v) is 37.6. The van der Waals surface area contributed by atoms with Crippen molar-refractivity contribution in [3.8, 4) is 55.6 Å². The van der Waals surface area contributed by atoms with Crippen LogP contribution in [0.3, 0.4) is 0 Å². The second kappa shape index (κ2) is 15.6. The molecule has 1 heterocycles. The first-order chi connectivity index (χ1) is 32.3. The normalized spacial score (nSPS) is 16.2. The van der Waals surface area contributed by atoms with E-state index in [0.29, 0.717) is 0 Å². The molecular formula is C64H50N2. The summed E-state index contributed by atoms with van der Waals surface area (Å²) in [7, 11) is 0. The summed E-state index contributed by atoms with van der Waals surface area (Å²) in [4.78, 5) is 0. The van der Waals surface area contributed by atoms with Gasteiger partial charge in [-0.15, -0.1) is 0 Å². The number of nitrogens with one attached hydrogen (secondary N) is 2. The lowest BCUT2D eigenvalue weighted by Crippen LogP contribution is -2.24. The molecule has 66 heavy (non-hydrogen) atoms. The Bertz CT molecular complexity index is 3420. The van der Waals surface area contributed by atoms with Crippen LogP contribution in [-0.2, 0) is 10.8 Å². The maximum absolute atomic E-state index is 3.90. The Morgan fingerprint density at radius 2 is 0.970 bits per heavy atom. The molecule has 2 bridgehead atoms. The lowest BCUT2D eigenvalue weighted by molar-refractivity contribution is 0.613. The van der Waals surface area contributed by atoms with E-state index < -0.39 is 0 Å². The van der Waals surface area contributed by atoms with Gasteiger partial charge in [-0.3, -0.25) is 0 Å². The van der Waals surface area contributed by atoms with E-state index in [0.717, 1.165) is 29.2 Å². The highest BCUT2D eigenvalue weighted by molar-refractivity contribution is 5.96. The van der Waals surface area contributed by atoms with Crippen molar-refractivity contribution in [1.82, 2.24) is 0 Å². The molecule has 9 aromatic rings. The highest BCUT2D eigenvalue weighted by Crippen LogP contribution is 2.51. The minimum Gasteiger partial charge on any atom is -0.355 e. The van der Waals surface area contributed by atoms with Crippen LogP contribution in [-0.4, -0.2) is 0 Å². The topological polar surface area (TPSA) is 24.1 Å². The summed E-state index contributed by atoms with van der Waals surface area (Å²) >= 11 is 0. The third-order valence-corrected chi connectivity index (χ3v) is 14.4. The minimum atomic E-state index is -0.268. The summed E-state index contributed by atoms with van der Waals surface area (Å²) in [6.07, 6.45) is 5.81. The van der Waals surface area contributed by atoms with E-state index in [1.807, 2.05) is 0 Å². The van der Waals surface area contributed by atoms with Crippen molar-refractivity contribution in [2.45, 2.75) is 38.0 Å². The van der Waals surface area contributed by atoms with Gasteiger partial charge in [0.1, 0.15) is 0 Å². The maximum Gasteiger partial charge on any atom is 0.0464 e. The van der Waals surface area contributed by atoms with Gasteiger partial charge >= 0.3 is 0 Å². The molecular weight excluding hydrogens is 797 g/mol. The molecule has 0 saturated heterocycles. The van der Waals surface area contributed by atoms with Crippen LogP contribution in [0.5, 0.6) is 0 Å². The van der Waals surface area contributed by atoms with Gasteiger partial charge in [0.05, 0.1) is 0 Å². The molecule has 316 valence electrons. The number of hydrogen-bond donors (Lipinski definition) is 2. The van der Waals surface area contributed by atoms with Gasteiger partial charge in [-0.05, 0) is 127 Å². The standard InChI is InChI=1S/C64H50N2/c1-63(2)57-24-11-7-22-53(57)55-34-33-50(39-59(55)63)65-60-26-13-9-20-51(60)47-19-15-18-45(36-47)43-28-30-44(31-29-43)48-37-49-41-64(3,40-48)58-25-12-8-23-54(58)56-38-46(42-16-5-4-6-17-42)32-35-62(56)66-61-27-14-10-21-52(49)61/h4-39,41,65-66H,40H2,1-3H3/t64-/m1/s1. The Hall–Kier alpha value is -7.94. The lowest BCUT2D eigenvalue weighted by atomic mass is 9.68. The van der Waals surface area contributed by atoms with Gasteiger partial charge in [-0.25, -0.2) is 0 Å². The molecule has 0 fully saturated rings. The van der Waals surface area contributed by atoms with Gasteiger partial charge in [-0.1, -0.05) is 203 Å². The van der Waals surface area contributed by atoms with Crippen molar-refractivity contribution in [2.24, 2.45) is 0 Å². The highest BCUT2D eigenvalue weighted by Gasteiger charge is 2.36. The summed E-state index contributed by atoms with van der Waals surface area (Å²) in [5, 5.41) is 7.71. The Morgan fingerprint density at radius 3 is 1.79 bits per heavy atom. The lowest BCUT2D eigenvalue weighted by Gasteiger charge is -2.36. The number of hydrogen-bond acceptors (Lipinski definition) is 2. The second-order valence-electron chi connectivity index (χ2n) is 19.0. The van der Waals surface area contributed by atoms with E-state index in [1.54, 1.807) is 0 Å². The Kier molecular flexibility index (Phi) is 9.40. The molecule has 0 radical (unpaired) electrons. The van der Waals surface area contributed by atoms with Crippen LogP contribution in [0.2, 0.25) is 0 Å². The van der Waals surface area contributed by atoms with Gasteiger partial charge in [-0.2, -0.15) is 0 Å². The zero-order valence-electron chi connectivity index (χ0n) is 37.6.